The maximum absolute atomic E-state index is 5.40. The molecule has 0 bridgehead atoms. The summed E-state index contributed by atoms with van der Waals surface area (Å²) in [5.41, 5.74) is 1.57. The predicted octanol–water partition coefficient (Wildman–Crippen LogP) is 2.47. The fraction of sp³-hybridized carbons (Fsp3) is 0.778. The van der Waals surface area contributed by atoms with E-state index in [9.17, 15) is 0 Å². The van der Waals surface area contributed by atoms with E-state index < -0.39 is 0 Å². The molecule has 0 spiro atoms. The van der Waals surface area contributed by atoms with Crippen LogP contribution in [0.3, 0.4) is 0 Å². The molecule has 1 heterocycles. The summed E-state index contributed by atoms with van der Waals surface area (Å²) in [7, 11) is 0. The maximum atomic E-state index is 5.40. The van der Waals surface area contributed by atoms with Gasteiger partial charge in [-0.15, -0.1) is 0 Å². The first-order valence-electron chi connectivity index (χ1n) is 4.47. The van der Waals surface area contributed by atoms with Crippen molar-refractivity contribution in [2.75, 3.05) is 24.6 Å². The molecular weight excluding hydrogens is 190 g/mol. The summed E-state index contributed by atoms with van der Waals surface area (Å²) in [6.45, 7) is 2.06. The van der Waals surface area contributed by atoms with Crippen LogP contribution in [-0.4, -0.2) is 24.6 Å². The molecule has 0 aromatic carbocycles. The molecule has 0 saturated carbocycles. The highest BCUT2D eigenvalue weighted by Gasteiger charge is 2.12. The molecule has 3 heteroatoms. The van der Waals surface area contributed by atoms with Crippen molar-refractivity contribution in [3.63, 3.8) is 0 Å². The number of thioether (sulfide) groups is 1. The second-order valence-electron chi connectivity index (χ2n) is 3.08. The third-order valence-electron chi connectivity index (χ3n) is 2.13. The van der Waals surface area contributed by atoms with Crippen molar-refractivity contribution in [1.82, 2.24) is 5.32 Å². The molecule has 0 aromatic heterocycles. The summed E-state index contributed by atoms with van der Waals surface area (Å²) in [4.78, 5) is 0. The molecule has 1 rings (SSSR count). The molecule has 1 fully saturated rings. The smallest absolute Gasteiger partial charge is 0.0146 e. The third kappa shape index (κ3) is 4.39. The van der Waals surface area contributed by atoms with Crippen LogP contribution in [0, 0.1) is 5.92 Å². The molecule has 1 aliphatic rings. The average Bonchev–Trinajstić information content (AvgIpc) is 2.14. The molecule has 1 N–H and O–H groups in total. The Morgan fingerprint density at radius 3 is 2.83 bits per heavy atom. The van der Waals surface area contributed by atoms with E-state index in [1.54, 1.807) is 5.54 Å². The van der Waals surface area contributed by atoms with Gasteiger partial charge >= 0.3 is 0 Å². The highest BCUT2D eigenvalue weighted by atomic mass is 35.5. The van der Waals surface area contributed by atoms with Crippen LogP contribution >= 0.6 is 23.4 Å². The molecule has 70 valence electrons. The monoisotopic (exact) mass is 205 g/mol. The molecule has 1 saturated heterocycles. The summed E-state index contributed by atoms with van der Waals surface area (Å²) < 4.78 is 0. The molecule has 0 atom stereocenters. The Morgan fingerprint density at radius 1 is 1.42 bits per heavy atom. The van der Waals surface area contributed by atoms with Gasteiger partial charge in [-0.25, -0.2) is 0 Å². The zero-order valence-electron chi connectivity index (χ0n) is 7.26. The molecule has 0 aromatic rings. The van der Waals surface area contributed by atoms with Crippen molar-refractivity contribution < 1.29 is 0 Å². The first-order valence-corrected chi connectivity index (χ1v) is 6.06. The van der Waals surface area contributed by atoms with E-state index in [1.165, 1.54) is 24.3 Å². The van der Waals surface area contributed by atoms with Crippen molar-refractivity contribution in [1.29, 1.82) is 0 Å². The molecule has 0 aliphatic carbocycles. The Kier molecular flexibility index (Phi) is 5.92. The third-order valence-corrected chi connectivity index (χ3v) is 3.35. The van der Waals surface area contributed by atoms with Crippen molar-refractivity contribution >= 4 is 23.4 Å². The van der Waals surface area contributed by atoms with E-state index >= 15 is 0 Å². The largest absolute Gasteiger partial charge is 0.313 e. The summed E-state index contributed by atoms with van der Waals surface area (Å²) in [6, 6.07) is 0. The summed E-state index contributed by atoms with van der Waals surface area (Å²) in [5.74, 6) is 3.59. The standard InChI is InChI=1S/C9H16ClNS/c10-4-1-5-11-8-9-2-6-12-7-3-9/h1,4,9,11H,2-3,5-8H2/b4-1+. The zero-order valence-corrected chi connectivity index (χ0v) is 8.83. The highest BCUT2D eigenvalue weighted by Crippen LogP contribution is 2.21. The van der Waals surface area contributed by atoms with Gasteiger partial charge in [-0.3, -0.25) is 0 Å². The quantitative estimate of drug-likeness (QED) is 0.708. The van der Waals surface area contributed by atoms with E-state index in [4.69, 9.17) is 11.6 Å². The fourth-order valence-corrected chi connectivity index (χ4v) is 2.66. The lowest BCUT2D eigenvalue weighted by atomic mass is 10.0. The van der Waals surface area contributed by atoms with Crippen LogP contribution in [0.15, 0.2) is 11.6 Å². The van der Waals surface area contributed by atoms with Gasteiger partial charge in [0.15, 0.2) is 0 Å². The highest BCUT2D eigenvalue weighted by molar-refractivity contribution is 7.99. The van der Waals surface area contributed by atoms with Gasteiger partial charge in [0.25, 0.3) is 0 Å². The fourth-order valence-electron chi connectivity index (χ4n) is 1.37. The summed E-state index contributed by atoms with van der Waals surface area (Å²) >= 11 is 7.48. The van der Waals surface area contributed by atoms with E-state index in [2.05, 4.69) is 17.1 Å². The predicted molar refractivity (Wildman–Crippen MR) is 57.9 cm³/mol. The van der Waals surface area contributed by atoms with Crippen LogP contribution < -0.4 is 5.32 Å². The Hall–Kier alpha value is 0.340. The van der Waals surface area contributed by atoms with Crippen molar-refractivity contribution in [3.8, 4) is 0 Å². The average molecular weight is 206 g/mol. The summed E-state index contributed by atoms with van der Waals surface area (Å²) in [6.07, 6.45) is 4.70. The van der Waals surface area contributed by atoms with E-state index in [-0.39, 0.29) is 0 Å². The second kappa shape index (κ2) is 6.81. The second-order valence-corrected chi connectivity index (χ2v) is 4.55. The van der Waals surface area contributed by atoms with Crippen molar-refractivity contribution in [2.45, 2.75) is 12.8 Å². The van der Waals surface area contributed by atoms with Gasteiger partial charge in [0.1, 0.15) is 0 Å². The Bertz CT molecular complexity index is 132. The minimum atomic E-state index is 0.898. The zero-order chi connectivity index (χ0) is 8.65. The Labute approximate surface area is 83.9 Å². The minimum absolute atomic E-state index is 0.898. The molecule has 1 aliphatic heterocycles. The van der Waals surface area contributed by atoms with E-state index in [0.29, 0.717) is 0 Å². The number of halogens is 1. The van der Waals surface area contributed by atoms with Crippen molar-refractivity contribution in [3.05, 3.63) is 11.6 Å². The van der Waals surface area contributed by atoms with Crippen LogP contribution in [0.5, 0.6) is 0 Å². The van der Waals surface area contributed by atoms with Crippen LogP contribution in [0.1, 0.15) is 12.8 Å². The van der Waals surface area contributed by atoms with Gasteiger partial charge in [-0.05, 0) is 36.8 Å². The molecule has 0 amide bonds. The van der Waals surface area contributed by atoms with Gasteiger partial charge in [0.05, 0.1) is 0 Å². The van der Waals surface area contributed by atoms with Gasteiger partial charge in [-0.2, -0.15) is 11.8 Å². The SMILES string of the molecule is Cl/C=C/CNCC1CCSCC1. The van der Waals surface area contributed by atoms with Gasteiger partial charge < -0.3 is 5.32 Å². The number of hydrogen-bond donors (Lipinski definition) is 1. The van der Waals surface area contributed by atoms with Crippen LogP contribution in [-0.2, 0) is 0 Å². The van der Waals surface area contributed by atoms with Crippen LogP contribution in [0.4, 0.5) is 0 Å². The van der Waals surface area contributed by atoms with E-state index in [1.807, 2.05) is 6.08 Å². The number of rotatable bonds is 4. The lowest BCUT2D eigenvalue weighted by molar-refractivity contribution is 0.459. The molecule has 0 radical (unpaired) electrons. The first-order chi connectivity index (χ1) is 5.93. The van der Waals surface area contributed by atoms with Gasteiger partial charge in [-0.1, -0.05) is 17.7 Å². The van der Waals surface area contributed by atoms with Gasteiger partial charge in [0, 0.05) is 12.1 Å². The maximum Gasteiger partial charge on any atom is 0.0146 e. The first kappa shape index (κ1) is 10.4. The minimum Gasteiger partial charge on any atom is -0.313 e. The number of nitrogens with one attached hydrogen (secondary N) is 1. The topological polar surface area (TPSA) is 12.0 Å². The van der Waals surface area contributed by atoms with E-state index in [0.717, 1.165) is 19.0 Å². The summed E-state index contributed by atoms with van der Waals surface area (Å²) in [5, 5.41) is 3.38. The van der Waals surface area contributed by atoms with Gasteiger partial charge in [0.2, 0.25) is 0 Å². The van der Waals surface area contributed by atoms with Crippen molar-refractivity contribution in [2.24, 2.45) is 5.92 Å². The molecular formula is C9H16ClNS. The Balaban J connectivity index is 1.97. The lowest BCUT2D eigenvalue weighted by Crippen LogP contribution is -2.25. The molecule has 1 nitrogen and oxygen atoms in total. The molecule has 0 unspecified atom stereocenters. The lowest BCUT2D eigenvalue weighted by Gasteiger charge is -2.21. The van der Waals surface area contributed by atoms with Crippen LogP contribution in [0.25, 0.3) is 0 Å². The van der Waals surface area contributed by atoms with Crippen LogP contribution in [0.2, 0.25) is 0 Å². The number of hydrogen-bond acceptors (Lipinski definition) is 2. The Morgan fingerprint density at radius 2 is 2.17 bits per heavy atom. The molecule has 12 heavy (non-hydrogen) atoms. The normalized spacial score (nSPS) is 20.4.